The van der Waals surface area contributed by atoms with E-state index in [2.05, 4.69) is 10.5 Å². The van der Waals surface area contributed by atoms with Crippen LogP contribution in [0.3, 0.4) is 0 Å². The molecule has 0 fully saturated rings. The van der Waals surface area contributed by atoms with Gasteiger partial charge in [0, 0.05) is 6.66 Å². The van der Waals surface area contributed by atoms with E-state index in [4.69, 9.17) is 0 Å². The van der Waals surface area contributed by atoms with Crippen molar-refractivity contribution < 1.29 is 14.1 Å². The van der Waals surface area contributed by atoms with Gasteiger partial charge in [-0.2, -0.15) is 0 Å². The monoisotopic (exact) mass is 110 g/mol. The second-order valence-corrected chi connectivity index (χ2v) is 2.63. The maximum absolute atomic E-state index is 9.68. The van der Waals surface area contributed by atoms with E-state index in [0.717, 1.165) is 6.66 Å². The van der Waals surface area contributed by atoms with Crippen LogP contribution in [0.2, 0.25) is 0 Å². The molecule has 0 aliphatic carbocycles. The van der Waals surface area contributed by atoms with Crippen molar-refractivity contribution in [1.29, 1.82) is 0 Å². The molecular weight excluding hydrogens is 105 g/mol. The summed E-state index contributed by atoms with van der Waals surface area (Å²) in [4.78, 5) is 9.68. The minimum atomic E-state index is -3.62. The van der Waals surface area contributed by atoms with Crippen molar-refractivity contribution in [3.63, 3.8) is 0 Å². The van der Waals surface area contributed by atoms with Crippen LogP contribution in [-0.2, 0) is 9.19 Å². The minimum Gasteiger partial charge on any atom is -0.777 e. The molecule has 6 heavy (non-hydrogen) atoms. The Bertz CT molecular complexity index is 74.9. The van der Waals surface area contributed by atoms with Crippen LogP contribution in [0.4, 0.5) is 0 Å². The predicted octanol–water partition coefficient (Wildman–Crippen LogP) is -0.940. The maximum atomic E-state index is 9.68. The van der Waals surface area contributed by atoms with E-state index in [0.29, 0.717) is 0 Å². The molecule has 0 spiro atoms. The highest BCUT2D eigenvalue weighted by Gasteiger charge is 1.89. The lowest BCUT2D eigenvalue weighted by atomic mass is 12.0. The highest BCUT2D eigenvalue weighted by atomic mass is 31.2. The van der Waals surface area contributed by atoms with Gasteiger partial charge >= 0.3 is 0 Å². The molecule has 4 nitrogen and oxygen atoms in total. The third-order valence-corrected chi connectivity index (χ3v) is 0.574. The Morgan fingerprint density at radius 3 is 2.17 bits per heavy atom. The lowest BCUT2D eigenvalue weighted by Crippen LogP contribution is -2.06. The van der Waals surface area contributed by atoms with Gasteiger partial charge in [-0.25, -0.2) is 5.90 Å². The Hall–Kier alpha value is 0.110. The van der Waals surface area contributed by atoms with Crippen LogP contribution in [-0.4, -0.2) is 6.66 Å². The van der Waals surface area contributed by atoms with E-state index < -0.39 is 7.60 Å². The lowest BCUT2D eigenvalue weighted by Gasteiger charge is -2.11. The van der Waals surface area contributed by atoms with Crippen molar-refractivity contribution in [1.82, 2.24) is 0 Å². The smallest absolute Gasteiger partial charge is 0.153 e. The highest BCUT2D eigenvalue weighted by molar-refractivity contribution is 7.50. The quantitative estimate of drug-likeness (QED) is 0.349. The topological polar surface area (TPSA) is 75.4 Å². The van der Waals surface area contributed by atoms with Gasteiger partial charge in [0.15, 0.2) is 7.60 Å². The summed E-state index contributed by atoms with van der Waals surface area (Å²) in [7, 11) is -3.62. The average Bonchev–Trinajstić information content (AvgIpc) is 1.35. The first kappa shape index (κ1) is 6.11. The van der Waals surface area contributed by atoms with Gasteiger partial charge in [0.05, 0.1) is 0 Å². The zero-order chi connectivity index (χ0) is 5.21. The molecule has 0 aromatic rings. The molecule has 0 aliphatic heterocycles. The molecule has 0 saturated heterocycles. The van der Waals surface area contributed by atoms with Crippen molar-refractivity contribution in [2.24, 2.45) is 5.90 Å². The molecule has 2 N–H and O–H groups in total. The molecule has 0 heterocycles. The lowest BCUT2D eigenvalue weighted by molar-refractivity contribution is -0.196. The highest BCUT2D eigenvalue weighted by Crippen LogP contribution is 2.26. The summed E-state index contributed by atoms with van der Waals surface area (Å²) in [5, 5.41) is 0. The Morgan fingerprint density at radius 1 is 2.00 bits per heavy atom. The molecule has 0 rings (SSSR count). The average molecular weight is 110 g/mol. The third-order valence-electron chi connectivity index (χ3n) is 0.191. The van der Waals surface area contributed by atoms with Gasteiger partial charge in [-0.3, -0.25) is 4.62 Å². The molecule has 1 atom stereocenters. The first-order valence-electron chi connectivity index (χ1n) is 1.23. The summed E-state index contributed by atoms with van der Waals surface area (Å²) in [6.45, 7) is 0.896. The van der Waals surface area contributed by atoms with E-state index in [-0.39, 0.29) is 0 Å². The van der Waals surface area contributed by atoms with Crippen LogP contribution in [0.1, 0.15) is 0 Å². The summed E-state index contributed by atoms with van der Waals surface area (Å²) >= 11 is 0. The third kappa shape index (κ3) is 4.11. The molecule has 0 saturated carbocycles. The normalized spacial score (nSPS) is 19.8. The van der Waals surface area contributed by atoms with E-state index in [1.165, 1.54) is 0 Å². The second-order valence-electron chi connectivity index (χ2n) is 0.877. The van der Waals surface area contributed by atoms with Gasteiger partial charge in [0.25, 0.3) is 0 Å². The van der Waals surface area contributed by atoms with Crippen LogP contribution in [0.5, 0.6) is 0 Å². The fourth-order valence-electron chi connectivity index (χ4n) is 0. The zero-order valence-electron chi connectivity index (χ0n) is 3.25. The maximum Gasteiger partial charge on any atom is 0.153 e. The fourth-order valence-corrected chi connectivity index (χ4v) is 0. The molecule has 0 aromatic carbocycles. The minimum absolute atomic E-state index is 0.896. The van der Waals surface area contributed by atoms with Gasteiger partial charge in [-0.05, 0) is 0 Å². The molecule has 0 aliphatic rings. The van der Waals surface area contributed by atoms with Crippen LogP contribution in [0.25, 0.3) is 0 Å². The second kappa shape index (κ2) is 1.71. The van der Waals surface area contributed by atoms with E-state index >= 15 is 0 Å². The van der Waals surface area contributed by atoms with Gasteiger partial charge < -0.3 is 9.46 Å². The van der Waals surface area contributed by atoms with Crippen LogP contribution < -0.4 is 10.8 Å². The van der Waals surface area contributed by atoms with Crippen molar-refractivity contribution in [2.75, 3.05) is 6.66 Å². The Kier molecular flexibility index (Phi) is 1.74. The zero-order valence-corrected chi connectivity index (χ0v) is 4.14. The summed E-state index contributed by atoms with van der Waals surface area (Å²) in [5.74, 6) is 4.23. The Balaban J connectivity index is 3.48. The molecular formula is CH5NO3P-. The van der Waals surface area contributed by atoms with E-state index in [1.807, 2.05) is 0 Å². The van der Waals surface area contributed by atoms with Gasteiger partial charge in [0.2, 0.25) is 0 Å². The van der Waals surface area contributed by atoms with Crippen molar-refractivity contribution in [2.45, 2.75) is 0 Å². The Morgan fingerprint density at radius 2 is 2.17 bits per heavy atom. The van der Waals surface area contributed by atoms with Crippen LogP contribution in [0.15, 0.2) is 0 Å². The summed E-state index contributed by atoms with van der Waals surface area (Å²) in [6.07, 6.45) is 0. The van der Waals surface area contributed by atoms with Gasteiger partial charge in [-0.15, -0.1) is 0 Å². The summed E-state index contributed by atoms with van der Waals surface area (Å²) in [5.41, 5.74) is 0. The molecule has 0 aromatic heterocycles. The van der Waals surface area contributed by atoms with Gasteiger partial charge in [0.1, 0.15) is 0 Å². The SMILES string of the molecule is CP(=O)([O-])ON. The van der Waals surface area contributed by atoms with Crippen LogP contribution >= 0.6 is 7.60 Å². The first-order valence-corrected chi connectivity index (χ1v) is 3.22. The predicted molar refractivity (Wildman–Crippen MR) is 18.8 cm³/mol. The van der Waals surface area contributed by atoms with Crippen molar-refractivity contribution >= 4 is 7.60 Å². The van der Waals surface area contributed by atoms with Crippen molar-refractivity contribution in [3.8, 4) is 0 Å². The number of hydrogen-bond donors (Lipinski definition) is 1. The summed E-state index contributed by atoms with van der Waals surface area (Å²) < 4.78 is 13.1. The van der Waals surface area contributed by atoms with E-state index in [9.17, 15) is 9.46 Å². The number of hydrogen-bond acceptors (Lipinski definition) is 4. The molecule has 1 unspecified atom stereocenters. The molecule has 0 radical (unpaired) electrons. The molecule has 38 valence electrons. The Labute approximate surface area is 35.4 Å². The molecule has 5 heteroatoms. The molecule has 0 bridgehead atoms. The van der Waals surface area contributed by atoms with Crippen molar-refractivity contribution in [3.05, 3.63) is 0 Å². The molecule has 0 amide bonds. The van der Waals surface area contributed by atoms with E-state index in [1.54, 1.807) is 0 Å². The largest absolute Gasteiger partial charge is 0.777 e. The van der Waals surface area contributed by atoms with Gasteiger partial charge in [-0.1, -0.05) is 0 Å². The first-order chi connectivity index (χ1) is 2.56. The number of rotatable bonds is 1. The summed E-state index contributed by atoms with van der Waals surface area (Å²) in [6, 6.07) is 0. The standard InChI is InChI=1S/CH6NO3P/c1-6(3,4)5-2/h2H2,1H3,(H,3,4)/p-1. The van der Waals surface area contributed by atoms with Crippen LogP contribution in [0, 0.1) is 0 Å². The number of nitrogens with two attached hydrogens (primary N) is 1. The fraction of sp³-hybridized carbons (Fsp3) is 1.00.